The molecule has 1 fully saturated rings. The maximum Gasteiger partial charge on any atom is 0.255 e. The van der Waals surface area contributed by atoms with E-state index < -0.39 is 0 Å². The predicted octanol–water partition coefficient (Wildman–Crippen LogP) is 1.81. The van der Waals surface area contributed by atoms with Gasteiger partial charge in [-0.05, 0) is 47.0 Å². The summed E-state index contributed by atoms with van der Waals surface area (Å²) in [5.74, 6) is 0.333. The van der Waals surface area contributed by atoms with Gasteiger partial charge in [-0.2, -0.15) is 0 Å². The normalized spacial score (nSPS) is 17.0. The summed E-state index contributed by atoms with van der Waals surface area (Å²) in [6.45, 7) is 1.96. The minimum absolute atomic E-state index is 0. The Morgan fingerprint density at radius 3 is 2.88 bits per heavy atom. The van der Waals surface area contributed by atoms with Crippen molar-refractivity contribution in [2.24, 2.45) is 11.7 Å². The van der Waals surface area contributed by atoms with Gasteiger partial charge in [-0.15, -0.1) is 12.4 Å². The first kappa shape index (κ1) is 20.7. The van der Waals surface area contributed by atoms with Crippen LogP contribution in [0.1, 0.15) is 23.2 Å². The number of amides is 2. The van der Waals surface area contributed by atoms with Crippen LogP contribution in [-0.4, -0.2) is 50.0 Å². The van der Waals surface area contributed by atoms with E-state index >= 15 is 0 Å². The maximum absolute atomic E-state index is 12.8. The Balaban J connectivity index is 0.00000288. The Hall–Kier alpha value is -1.31. The summed E-state index contributed by atoms with van der Waals surface area (Å²) in [4.78, 5) is 26.6. The molecule has 6 nitrogen and oxygen atoms in total. The van der Waals surface area contributed by atoms with Crippen LogP contribution in [0.25, 0.3) is 0 Å². The summed E-state index contributed by atoms with van der Waals surface area (Å²) in [5.41, 5.74) is 5.95. The van der Waals surface area contributed by atoms with Crippen LogP contribution in [0, 0.1) is 5.92 Å². The number of nitrogens with two attached hydrogens (primary N) is 1. The zero-order valence-electron chi connectivity index (χ0n) is 13.6. The topological polar surface area (TPSA) is 84.7 Å². The minimum Gasteiger partial charge on any atom is -0.497 e. The molecule has 0 saturated carbocycles. The summed E-state index contributed by atoms with van der Waals surface area (Å²) in [7, 11) is 1.57. The Morgan fingerprint density at radius 1 is 1.46 bits per heavy atom. The van der Waals surface area contributed by atoms with E-state index in [0.717, 1.165) is 17.3 Å². The van der Waals surface area contributed by atoms with Crippen LogP contribution in [0.4, 0.5) is 0 Å². The lowest BCUT2D eigenvalue weighted by atomic mass is 9.96. The van der Waals surface area contributed by atoms with E-state index in [1.807, 2.05) is 0 Å². The molecular weight excluding hydrogens is 398 g/mol. The average molecular weight is 421 g/mol. The highest BCUT2D eigenvalue weighted by molar-refractivity contribution is 9.10. The van der Waals surface area contributed by atoms with Crippen molar-refractivity contribution in [1.82, 2.24) is 10.2 Å². The lowest BCUT2D eigenvalue weighted by Crippen LogP contribution is -2.46. The molecule has 1 heterocycles. The number of halogens is 2. The molecule has 0 aromatic heterocycles. The van der Waals surface area contributed by atoms with Crippen molar-refractivity contribution in [3.05, 3.63) is 28.2 Å². The van der Waals surface area contributed by atoms with Crippen molar-refractivity contribution >= 4 is 40.2 Å². The molecule has 2 amide bonds. The maximum atomic E-state index is 12.8. The van der Waals surface area contributed by atoms with Crippen molar-refractivity contribution in [2.75, 3.05) is 33.3 Å². The third-order valence-electron chi connectivity index (χ3n) is 3.93. The van der Waals surface area contributed by atoms with E-state index in [-0.39, 0.29) is 30.1 Å². The van der Waals surface area contributed by atoms with Gasteiger partial charge in [0.1, 0.15) is 5.75 Å². The van der Waals surface area contributed by atoms with Crippen LogP contribution in [0.2, 0.25) is 0 Å². The number of hydrogen-bond acceptors (Lipinski definition) is 4. The lowest BCUT2D eigenvalue weighted by molar-refractivity contribution is -0.126. The lowest BCUT2D eigenvalue weighted by Gasteiger charge is -2.32. The van der Waals surface area contributed by atoms with Gasteiger partial charge >= 0.3 is 0 Å². The van der Waals surface area contributed by atoms with Gasteiger partial charge in [0, 0.05) is 30.7 Å². The molecule has 0 bridgehead atoms. The fourth-order valence-electron chi connectivity index (χ4n) is 2.68. The summed E-state index contributed by atoms with van der Waals surface area (Å²) in [6, 6.07) is 5.30. The predicted molar refractivity (Wildman–Crippen MR) is 98.6 cm³/mol. The third kappa shape index (κ3) is 5.09. The van der Waals surface area contributed by atoms with Crippen LogP contribution >= 0.6 is 28.3 Å². The van der Waals surface area contributed by atoms with Crippen LogP contribution in [0.15, 0.2) is 22.7 Å². The number of nitrogens with zero attached hydrogens (tertiary/aromatic N) is 1. The molecule has 1 unspecified atom stereocenters. The molecule has 1 aromatic rings. The third-order valence-corrected chi connectivity index (χ3v) is 4.62. The largest absolute Gasteiger partial charge is 0.497 e. The molecule has 24 heavy (non-hydrogen) atoms. The Morgan fingerprint density at radius 2 is 2.21 bits per heavy atom. The van der Waals surface area contributed by atoms with Crippen molar-refractivity contribution in [1.29, 1.82) is 0 Å². The second-order valence-electron chi connectivity index (χ2n) is 5.52. The number of rotatable bonds is 5. The summed E-state index contributed by atoms with van der Waals surface area (Å²) in [5, 5.41) is 2.80. The zero-order chi connectivity index (χ0) is 16.8. The first-order chi connectivity index (χ1) is 11.1. The molecule has 0 radical (unpaired) electrons. The number of nitrogens with one attached hydrogen (secondary N) is 1. The molecule has 1 saturated heterocycles. The van der Waals surface area contributed by atoms with Crippen LogP contribution in [0.5, 0.6) is 5.75 Å². The van der Waals surface area contributed by atoms with Crippen LogP contribution in [0.3, 0.4) is 0 Å². The van der Waals surface area contributed by atoms with Gasteiger partial charge in [0.05, 0.1) is 18.6 Å². The van der Waals surface area contributed by atoms with Gasteiger partial charge in [-0.25, -0.2) is 0 Å². The van der Waals surface area contributed by atoms with Crippen molar-refractivity contribution in [3.8, 4) is 5.75 Å². The SMILES string of the molecule is COc1ccc(Br)c(C(=O)N2CCCC(C(=O)NCCN)C2)c1.Cl. The number of carbonyl (C=O) groups is 2. The first-order valence-electron chi connectivity index (χ1n) is 7.67. The molecule has 0 aliphatic carbocycles. The summed E-state index contributed by atoms with van der Waals surface area (Å²) < 4.78 is 5.90. The van der Waals surface area contributed by atoms with E-state index in [2.05, 4.69) is 21.2 Å². The Kier molecular flexibility index (Phi) is 8.52. The highest BCUT2D eigenvalue weighted by atomic mass is 79.9. The molecule has 8 heteroatoms. The molecular formula is C16H23BrClN3O3. The fraction of sp³-hybridized carbons (Fsp3) is 0.500. The monoisotopic (exact) mass is 419 g/mol. The fourth-order valence-corrected chi connectivity index (χ4v) is 3.10. The molecule has 1 atom stereocenters. The second-order valence-corrected chi connectivity index (χ2v) is 6.37. The molecule has 1 aliphatic heterocycles. The van der Waals surface area contributed by atoms with E-state index in [0.29, 0.717) is 37.5 Å². The number of likely N-dealkylation sites (tertiary alicyclic amines) is 1. The Bertz CT molecular complexity index is 586. The number of hydrogen-bond donors (Lipinski definition) is 2. The van der Waals surface area contributed by atoms with Gasteiger partial charge in [-0.3, -0.25) is 9.59 Å². The zero-order valence-corrected chi connectivity index (χ0v) is 16.0. The molecule has 134 valence electrons. The highest BCUT2D eigenvalue weighted by Gasteiger charge is 2.29. The number of carbonyl (C=O) groups excluding carboxylic acids is 2. The van der Waals surface area contributed by atoms with E-state index in [4.69, 9.17) is 10.5 Å². The van der Waals surface area contributed by atoms with Gasteiger partial charge in [-0.1, -0.05) is 0 Å². The standard InChI is InChI=1S/C16H22BrN3O3.ClH/c1-23-12-4-5-14(17)13(9-12)16(22)20-8-2-3-11(10-20)15(21)19-7-6-18;/h4-5,9,11H,2-3,6-8,10,18H2,1H3,(H,19,21);1H. The number of methoxy groups -OCH3 is 1. The van der Waals surface area contributed by atoms with Crippen molar-refractivity contribution in [2.45, 2.75) is 12.8 Å². The molecule has 1 aromatic carbocycles. The smallest absolute Gasteiger partial charge is 0.255 e. The highest BCUT2D eigenvalue weighted by Crippen LogP contribution is 2.26. The van der Waals surface area contributed by atoms with Gasteiger partial charge in [0.15, 0.2) is 0 Å². The molecule has 3 N–H and O–H groups in total. The van der Waals surface area contributed by atoms with E-state index in [1.165, 1.54) is 0 Å². The second kappa shape index (κ2) is 9.86. The van der Waals surface area contributed by atoms with Gasteiger partial charge in [0.25, 0.3) is 5.91 Å². The number of benzene rings is 1. The Labute approximate surface area is 156 Å². The number of ether oxygens (including phenoxy) is 1. The van der Waals surface area contributed by atoms with Crippen molar-refractivity contribution in [3.63, 3.8) is 0 Å². The summed E-state index contributed by atoms with van der Waals surface area (Å²) >= 11 is 3.41. The van der Waals surface area contributed by atoms with Crippen molar-refractivity contribution < 1.29 is 14.3 Å². The van der Waals surface area contributed by atoms with Gasteiger partial charge < -0.3 is 20.7 Å². The summed E-state index contributed by atoms with van der Waals surface area (Å²) in [6.07, 6.45) is 1.60. The molecule has 1 aliphatic rings. The first-order valence-corrected chi connectivity index (χ1v) is 8.46. The average Bonchev–Trinajstić information content (AvgIpc) is 2.59. The molecule has 0 spiro atoms. The van der Waals surface area contributed by atoms with Gasteiger partial charge in [0.2, 0.25) is 5.91 Å². The molecule has 2 rings (SSSR count). The van der Waals surface area contributed by atoms with Crippen LogP contribution in [-0.2, 0) is 4.79 Å². The quantitative estimate of drug-likeness (QED) is 0.761. The van der Waals surface area contributed by atoms with E-state index in [9.17, 15) is 9.59 Å². The van der Waals surface area contributed by atoms with Crippen LogP contribution < -0.4 is 15.8 Å². The number of piperidine rings is 1. The minimum atomic E-state index is -0.177. The van der Waals surface area contributed by atoms with E-state index in [1.54, 1.807) is 30.2 Å².